The lowest BCUT2D eigenvalue weighted by Crippen LogP contribution is -2.15. The molecule has 2 heterocycles. The molecule has 6 heteroatoms. The van der Waals surface area contributed by atoms with Crippen LogP contribution in [0.3, 0.4) is 0 Å². The van der Waals surface area contributed by atoms with Gasteiger partial charge >= 0.3 is 0 Å². The number of aromatic nitrogens is 2. The van der Waals surface area contributed by atoms with Crippen LogP contribution in [0.5, 0.6) is 0 Å². The van der Waals surface area contributed by atoms with Gasteiger partial charge in [0.2, 0.25) is 5.91 Å². The molecule has 2 N–H and O–H groups in total. The van der Waals surface area contributed by atoms with Gasteiger partial charge in [-0.05, 0) is 80.4 Å². The second-order valence-electron chi connectivity index (χ2n) is 6.06. The van der Waals surface area contributed by atoms with Gasteiger partial charge < -0.3 is 10.6 Å². The highest BCUT2D eigenvalue weighted by Gasteiger charge is 2.16. The molecule has 1 amide bonds. The van der Waals surface area contributed by atoms with Crippen LogP contribution in [-0.2, 0) is 4.79 Å². The summed E-state index contributed by atoms with van der Waals surface area (Å²) in [6, 6.07) is 7.80. The van der Waals surface area contributed by atoms with Crippen LogP contribution in [0.15, 0.2) is 46.7 Å². The lowest BCUT2D eigenvalue weighted by Gasteiger charge is -2.11. The predicted octanol–water partition coefficient (Wildman–Crippen LogP) is 3.26. The highest BCUT2D eigenvalue weighted by atomic mass is 32.2. The fraction of sp³-hybridized carbons (Fsp3) is 0.389. The molecular weight excluding hydrogens is 320 g/mol. The molecule has 126 valence electrons. The Morgan fingerprint density at radius 3 is 2.92 bits per heavy atom. The molecule has 1 aliphatic heterocycles. The Balaban J connectivity index is 1.55. The number of hydrogen-bond acceptors (Lipinski definition) is 5. The van der Waals surface area contributed by atoms with Gasteiger partial charge in [-0.25, -0.2) is 9.97 Å². The minimum absolute atomic E-state index is 0.0943. The van der Waals surface area contributed by atoms with Gasteiger partial charge in [0.05, 0.1) is 0 Å². The maximum Gasteiger partial charge on any atom is 0.224 e. The molecule has 0 radical (unpaired) electrons. The molecule has 1 aromatic carbocycles. The number of nitrogens with one attached hydrogen (secondary N) is 2. The summed E-state index contributed by atoms with van der Waals surface area (Å²) >= 11 is 1.51. The third kappa shape index (κ3) is 4.79. The van der Waals surface area contributed by atoms with E-state index in [0.717, 1.165) is 40.8 Å². The molecule has 0 spiro atoms. The van der Waals surface area contributed by atoms with E-state index in [-0.39, 0.29) is 5.91 Å². The van der Waals surface area contributed by atoms with Crippen molar-refractivity contribution in [3.63, 3.8) is 0 Å². The number of carbonyl (C=O) groups is 1. The maximum absolute atomic E-state index is 12.1. The van der Waals surface area contributed by atoms with Crippen LogP contribution in [-0.4, -0.2) is 29.0 Å². The SMILES string of the molecule is Cc1cc(Sc2ncccn2)ccc1NC(=O)CCC1CCNC1. The van der Waals surface area contributed by atoms with E-state index in [1.807, 2.05) is 19.1 Å². The lowest BCUT2D eigenvalue weighted by atomic mass is 10.0. The van der Waals surface area contributed by atoms with E-state index in [1.165, 1.54) is 18.2 Å². The maximum atomic E-state index is 12.1. The highest BCUT2D eigenvalue weighted by molar-refractivity contribution is 7.99. The van der Waals surface area contributed by atoms with E-state index in [9.17, 15) is 4.79 Å². The Bertz CT molecular complexity index is 687. The minimum atomic E-state index is 0.0943. The van der Waals surface area contributed by atoms with Gasteiger partial charge in [-0.2, -0.15) is 0 Å². The van der Waals surface area contributed by atoms with Crippen molar-refractivity contribution in [2.45, 2.75) is 36.2 Å². The summed E-state index contributed by atoms with van der Waals surface area (Å²) in [5, 5.41) is 7.08. The number of nitrogens with zero attached hydrogens (tertiary/aromatic N) is 2. The molecule has 0 bridgehead atoms. The van der Waals surface area contributed by atoms with Crippen LogP contribution in [0.2, 0.25) is 0 Å². The number of carbonyl (C=O) groups excluding carboxylic acids is 1. The fourth-order valence-corrected chi connectivity index (χ4v) is 3.60. The third-order valence-electron chi connectivity index (χ3n) is 4.17. The normalized spacial score (nSPS) is 17.0. The molecule has 1 aromatic heterocycles. The number of aryl methyl sites for hydroxylation is 1. The average Bonchev–Trinajstić information content (AvgIpc) is 3.10. The second-order valence-corrected chi connectivity index (χ2v) is 7.10. The monoisotopic (exact) mass is 342 g/mol. The zero-order chi connectivity index (χ0) is 16.8. The molecular formula is C18H22N4OS. The van der Waals surface area contributed by atoms with Crippen LogP contribution in [0, 0.1) is 12.8 Å². The molecule has 2 aromatic rings. The van der Waals surface area contributed by atoms with Gasteiger partial charge in [0.1, 0.15) is 0 Å². The van der Waals surface area contributed by atoms with Crippen molar-refractivity contribution in [2.24, 2.45) is 5.92 Å². The van der Waals surface area contributed by atoms with Gasteiger partial charge in [-0.1, -0.05) is 0 Å². The first-order chi connectivity index (χ1) is 11.7. The van der Waals surface area contributed by atoms with Crippen molar-refractivity contribution in [1.82, 2.24) is 15.3 Å². The van der Waals surface area contributed by atoms with E-state index in [4.69, 9.17) is 0 Å². The molecule has 5 nitrogen and oxygen atoms in total. The summed E-state index contributed by atoms with van der Waals surface area (Å²) in [6.07, 6.45) is 6.18. The lowest BCUT2D eigenvalue weighted by molar-refractivity contribution is -0.116. The molecule has 1 fully saturated rings. The van der Waals surface area contributed by atoms with Crippen LogP contribution in [0.25, 0.3) is 0 Å². The molecule has 1 aliphatic rings. The zero-order valence-electron chi connectivity index (χ0n) is 13.8. The van der Waals surface area contributed by atoms with Gasteiger partial charge in [0.15, 0.2) is 5.16 Å². The van der Waals surface area contributed by atoms with E-state index in [0.29, 0.717) is 12.3 Å². The first-order valence-corrected chi connectivity index (χ1v) is 9.08. The summed E-state index contributed by atoms with van der Waals surface area (Å²) < 4.78 is 0. The van der Waals surface area contributed by atoms with Crippen LogP contribution >= 0.6 is 11.8 Å². The Labute approximate surface area is 146 Å². The molecule has 1 unspecified atom stereocenters. The van der Waals surface area contributed by atoms with Crippen molar-refractivity contribution in [3.05, 3.63) is 42.2 Å². The number of hydrogen-bond donors (Lipinski definition) is 2. The smallest absolute Gasteiger partial charge is 0.224 e. The summed E-state index contributed by atoms with van der Waals surface area (Å²) in [5.74, 6) is 0.735. The summed E-state index contributed by atoms with van der Waals surface area (Å²) in [5.41, 5.74) is 1.93. The molecule has 24 heavy (non-hydrogen) atoms. The van der Waals surface area contributed by atoms with Crippen molar-refractivity contribution < 1.29 is 4.79 Å². The molecule has 3 rings (SSSR count). The van der Waals surface area contributed by atoms with E-state index < -0.39 is 0 Å². The first-order valence-electron chi connectivity index (χ1n) is 8.27. The molecule has 0 aliphatic carbocycles. The minimum Gasteiger partial charge on any atom is -0.326 e. The van der Waals surface area contributed by atoms with Gasteiger partial charge in [0, 0.05) is 29.4 Å². The van der Waals surface area contributed by atoms with E-state index in [1.54, 1.807) is 18.5 Å². The van der Waals surface area contributed by atoms with E-state index in [2.05, 4.69) is 26.7 Å². The number of amides is 1. The van der Waals surface area contributed by atoms with Gasteiger partial charge in [-0.15, -0.1) is 0 Å². The van der Waals surface area contributed by atoms with Crippen LogP contribution in [0.1, 0.15) is 24.8 Å². The third-order valence-corrected chi connectivity index (χ3v) is 5.05. The fourth-order valence-electron chi connectivity index (χ4n) is 2.79. The average molecular weight is 342 g/mol. The Kier molecular flexibility index (Phi) is 5.82. The molecule has 0 saturated carbocycles. The predicted molar refractivity (Wildman–Crippen MR) is 96.2 cm³/mol. The number of rotatable bonds is 6. The standard InChI is InChI=1S/C18H22N4OS/c1-13-11-15(24-18-20-8-2-9-21-18)4-5-16(13)22-17(23)6-3-14-7-10-19-12-14/h2,4-5,8-9,11,14,19H,3,6-7,10,12H2,1H3,(H,22,23). The van der Waals surface area contributed by atoms with E-state index >= 15 is 0 Å². The zero-order valence-corrected chi connectivity index (χ0v) is 14.6. The first kappa shape index (κ1) is 16.9. The van der Waals surface area contributed by atoms with Crippen molar-refractivity contribution in [1.29, 1.82) is 0 Å². The topological polar surface area (TPSA) is 66.9 Å². The summed E-state index contributed by atoms with van der Waals surface area (Å²) in [7, 11) is 0. The van der Waals surface area contributed by atoms with Crippen LogP contribution < -0.4 is 10.6 Å². The Hall–Kier alpha value is -1.92. The Morgan fingerprint density at radius 1 is 1.38 bits per heavy atom. The number of benzene rings is 1. The molecule has 1 saturated heterocycles. The number of anilines is 1. The summed E-state index contributed by atoms with van der Waals surface area (Å²) in [4.78, 5) is 21.6. The van der Waals surface area contributed by atoms with Gasteiger partial charge in [-0.3, -0.25) is 4.79 Å². The summed E-state index contributed by atoms with van der Waals surface area (Å²) in [6.45, 7) is 4.13. The van der Waals surface area contributed by atoms with Crippen molar-refractivity contribution in [2.75, 3.05) is 18.4 Å². The van der Waals surface area contributed by atoms with Gasteiger partial charge in [0.25, 0.3) is 0 Å². The van der Waals surface area contributed by atoms with Crippen LogP contribution in [0.4, 0.5) is 5.69 Å². The largest absolute Gasteiger partial charge is 0.326 e. The Morgan fingerprint density at radius 2 is 2.21 bits per heavy atom. The quantitative estimate of drug-likeness (QED) is 0.789. The molecule has 1 atom stereocenters. The second kappa shape index (κ2) is 8.26. The van der Waals surface area contributed by atoms with Crippen molar-refractivity contribution >= 4 is 23.4 Å². The highest BCUT2D eigenvalue weighted by Crippen LogP contribution is 2.28. The van der Waals surface area contributed by atoms with Crippen molar-refractivity contribution in [3.8, 4) is 0 Å².